The molecule has 602 valence electrons. The van der Waals surface area contributed by atoms with E-state index < -0.39 is 250 Å². The van der Waals surface area contributed by atoms with Crippen LogP contribution < -0.4 is 71.6 Å². The lowest BCUT2D eigenvalue weighted by Crippen LogP contribution is -2.65. The van der Waals surface area contributed by atoms with Crippen LogP contribution in [-0.2, 0) is 57.1 Å². The van der Waals surface area contributed by atoms with Gasteiger partial charge in [0.25, 0.3) is 11.8 Å². The van der Waals surface area contributed by atoms with E-state index in [2.05, 4.69) is 67.1 Å². The summed E-state index contributed by atoms with van der Waals surface area (Å²) in [6, 6.07) is -9.68. The van der Waals surface area contributed by atoms with Crippen molar-refractivity contribution < 1.29 is 133 Å². The fourth-order valence-electron chi connectivity index (χ4n) is 11.0. The third kappa shape index (κ3) is 22.6. The third-order valence-corrected chi connectivity index (χ3v) is 19.1. The number of hydrogen-bond donors (Lipinski definition) is 26. The highest BCUT2D eigenvalue weighted by Gasteiger charge is 2.54. The van der Waals surface area contributed by atoms with Gasteiger partial charge in [0.15, 0.2) is 37.3 Å². The standard InChI is InChI=1S/C60H93N19O27S2/c1-19-34(76-49(78-47(19)64)24(10-31(62)85)70-12-23(61)48(65)94)51(96)77-36(44(25-13-68-18-71-25)103-59-46(40(90)37(87)29(14-81)102-59)104-58-42(92)45(105-60(66)99)38(88)30(15-82)101-58)53(98)72-20(2)28(84)11-32(86)75-35(21(3)83)52(97)79-54(106-57-41(91)39(89)33(63)22(4)100-57)43(93)56-74-27(17-108-56)55-73-26(16-107-55)50(95)69-7-5-6-67-8-9-80/h13,16-18,20-24,28-30,33,35-46,54,57-59,67,70,80-84,87-93H,5-12,14-15,61,63H2,1-4H3,(H2,62,85)(H2,65,94)(H2,66,99)(H,68,71)(H,69,95)(H,72,98)(H,75,86)(H,77,96)(H,79,97)(H2,64,76,78)/t20-,21-,22?,23+,24+,28+,29?,30?,33?,35+,36+,37?,38?,39?,40?,41?,42?,43?,44+,45?,46?,54?,57?,58?,59?/m1/s1. The predicted molar refractivity (Wildman–Crippen MR) is 366 cm³/mol. The lowest BCUT2D eigenvalue weighted by Gasteiger charge is -2.47. The summed E-state index contributed by atoms with van der Waals surface area (Å²) in [6.45, 7) is 3.60. The number of carbonyl (C=O) groups is 8. The molecule has 0 bridgehead atoms. The van der Waals surface area contributed by atoms with Gasteiger partial charge in [-0.1, -0.05) is 0 Å². The Kier molecular flexibility index (Phi) is 32.4. The number of aliphatic hydroxyl groups excluding tert-OH is 12. The molecular weight excluding hydrogens is 1480 g/mol. The molecule has 48 heteroatoms. The van der Waals surface area contributed by atoms with E-state index in [1.54, 1.807) is 0 Å². The monoisotopic (exact) mass is 1580 g/mol. The number of thiazole rings is 2. The maximum atomic E-state index is 15.3. The number of nitrogens with two attached hydrogens (primary N) is 6. The molecule has 0 saturated carbocycles. The SMILES string of the molecule is Cc1c(N)nc([C@H](CC(N)=O)NC[C@H](N)C(N)=O)nc1C(=O)N[C@H](C(=O)N[C@H](C)[C@@H](O)CC(=O)N[C@H](C(=O)NC(OC1OC(C)C(N)C(O)C1O)C(O)c1nc(-c2nc(C(=O)NCCCNCCO)cs2)cs1)[C@@H](C)O)[C@@H](OC1OC(CO)C(O)C(O)C1OC1OC(CO)C(O)C(OC(N)=O)C1O)c1cnc[nH]1. The number of ether oxygens (including phenoxy) is 7. The average Bonchev–Trinajstić information content (AvgIpc) is 0.868. The van der Waals surface area contributed by atoms with Crippen LogP contribution in [0.2, 0.25) is 0 Å². The Balaban J connectivity index is 1.17. The molecule has 8 amide bonds. The first kappa shape index (κ1) is 87.3. The highest BCUT2D eigenvalue weighted by molar-refractivity contribution is 7.14. The first-order valence-corrected chi connectivity index (χ1v) is 35.2. The zero-order chi connectivity index (χ0) is 79.7. The summed E-state index contributed by atoms with van der Waals surface area (Å²) in [7, 11) is 0. The Bertz CT molecular complexity index is 3650. The number of amides is 8. The number of nitrogens with zero attached hydrogens (tertiary/aromatic N) is 5. The van der Waals surface area contributed by atoms with Crippen LogP contribution in [0.1, 0.15) is 101 Å². The Morgan fingerprint density at radius 2 is 1.41 bits per heavy atom. The van der Waals surface area contributed by atoms with Crippen LogP contribution in [0.5, 0.6) is 0 Å². The number of aromatic nitrogens is 6. The van der Waals surface area contributed by atoms with Crippen LogP contribution >= 0.6 is 22.7 Å². The molecule has 3 aliphatic heterocycles. The number of aromatic amines is 1. The number of nitrogens with one attached hydrogen (secondary N) is 8. The van der Waals surface area contributed by atoms with E-state index in [1.165, 1.54) is 24.6 Å². The van der Waals surface area contributed by atoms with Gasteiger partial charge in [-0.05, 0) is 40.7 Å². The molecule has 0 aromatic carbocycles. The second kappa shape index (κ2) is 40.1. The van der Waals surface area contributed by atoms with Crippen molar-refractivity contribution in [3.05, 3.63) is 56.8 Å². The summed E-state index contributed by atoms with van der Waals surface area (Å²) in [6.07, 6.45) is -37.3. The fraction of sp³-hybridized carbons (Fsp3) is 0.650. The van der Waals surface area contributed by atoms with Crippen LogP contribution in [0.3, 0.4) is 0 Å². The number of rotatable bonds is 39. The van der Waals surface area contributed by atoms with Gasteiger partial charge in [0, 0.05) is 42.4 Å². The second-order valence-electron chi connectivity index (χ2n) is 25.3. The maximum absolute atomic E-state index is 15.3. The Hall–Kier alpha value is -7.97. The Morgan fingerprint density at radius 1 is 0.722 bits per heavy atom. The molecule has 108 heavy (non-hydrogen) atoms. The van der Waals surface area contributed by atoms with Crippen LogP contribution in [-0.4, -0.2) is 319 Å². The van der Waals surface area contributed by atoms with Gasteiger partial charge in [-0.2, -0.15) is 0 Å². The number of anilines is 1. The average molecular weight is 1580 g/mol. The van der Waals surface area contributed by atoms with Gasteiger partial charge in [0.05, 0.1) is 86.9 Å². The molecule has 4 aromatic heterocycles. The lowest BCUT2D eigenvalue weighted by molar-refractivity contribution is -0.372. The van der Waals surface area contributed by atoms with Gasteiger partial charge in [-0.3, -0.25) is 33.6 Å². The molecule has 0 spiro atoms. The summed E-state index contributed by atoms with van der Waals surface area (Å²) >= 11 is 1.87. The number of H-pyrrole nitrogens is 1. The molecule has 0 radical (unpaired) electrons. The molecule has 46 nitrogen and oxygen atoms in total. The van der Waals surface area contributed by atoms with Gasteiger partial charge in [-0.25, -0.2) is 29.7 Å². The number of imidazole rings is 1. The molecule has 3 aliphatic rings. The van der Waals surface area contributed by atoms with Crippen molar-refractivity contribution >= 4 is 75.9 Å². The summed E-state index contributed by atoms with van der Waals surface area (Å²) in [5.41, 5.74) is 33.4. The van der Waals surface area contributed by atoms with Gasteiger partial charge in [0.2, 0.25) is 29.5 Å². The highest BCUT2D eigenvalue weighted by atomic mass is 32.1. The zero-order valence-corrected chi connectivity index (χ0v) is 60.0. The fourth-order valence-corrected chi connectivity index (χ4v) is 12.7. The Morgan fingerprint density at radius 3 is 2.05 bits per heavy atom. The van der Waals surface area contributed by atoms with E-state index in [-0.39, 0.29) is 45.8 Å². The first-order valence-electron chi connectivity index (χ1n) is 33.5. The number of carbonyl (C=O) groups excluding carboxylic acids is 8. The maximum Gasteiger partial charge on any atom is 0.404 e. The van der Waals surface area contributed by atoms with Gasteiger partial charge >= 0.3 is 6.09 Å². The van der Waals surface area contributed by atoms with Gasteiger partial charge in [-0.15, -0.1) is 22.7 Å². The predicted octanol–water partition coefficient (Wildman–Crippen LogP) is -11.6. The second-order valence-corrected chi connectivity index (χ2v) is 27.1. The van der Waals surface area contributed by atoms with Crippen LogP contribution in [0.25, 0.3) is 10.7 Å². The summed E-state index contributed by atoms with van der Waals surface area (Å²) in [4.78, 5) is 132. The van der Waals surface area contributed by atoms with Crippen molar-refractivity contribution in [3.63, 3.8) is 0 Å². The van der Waals surface area contributed by atoms with Gasteiger partial charge < -0.3 is 171 Å². The zero-order valence-electron chi connectivity index (χ0n) is 58.3. The van der Waals surface area contributed by atoms with Crippen LogP contribution in [0, 0.1) is 6.92 Å². The van der Waals surface area contributed by atoms with Crippen LogP contribution in [0.4, 0.5) is 10.6 Å². The smallest absolute Gasteiger partial charge is 0.404 e. The highest BCUT2D eigenvalue weighted by Crippen LogP contribution is 2.36. The Labute approximate surface area is 621 Å². The van der Waals surface area contributed by atoms with Crippen LogP contribution in [0.15, 0.2) is 23.3 Å². The molecule has 7 rings (SSSR count). The quantitative estimate of drug-likeness (QED) is 0.0146. The van der Waals surface area contributed by atoms with Crippen molar-refractivity contribution in [2.45, 2.75) is 200 Å². The molecule has 25 atom stereocenters. The van der Waals surface area contributed by atoms with Gasteiger partial charge in [0.1, 0.15) is 112 Å². The molecule has 7 heterocycles. The summed E-state index contributed by atoms with van der Waals surface area (Å²) < 4.78 is 40.4. The number of nitrogen functional groups attached to an aromatic ring is 1. The van der Waals surface area contributed by atoms with Crippen molar-refractivity contribution in [1.29, 1.82) is 0 Å². The van der Waals surface area contributed by atoms with E-state index in [4.69, 9.17) is 72.7 Å². The minimum Gasteiger partial charge on any atom is -0.441 e. The molecule has 32 N–H and O–H groups in total. The molecule has 4 aromatic rings. The van der Waals surface area contributed by atoms with E-state index in [0.717, 1.165) is 49.0 Å². The summed E-state index contributed by atoms with van der Waals surface area (Å²) in [5, 5.41) is 152. The largest absolute Gasteiger partial charge is 0.441 e. The number of aliphatic hydroxyl groups is 12. The minimum atomic E-state index is -2.26. The lowest BCUT2D eigenvalue weighted by atomic mass is 9.97. The summed E-state index contributed by atoms with van der Waals surface area (Å²) in [5.74, 6) is -8.36. The van der Waals surface area contributed by atoms with Crippen molar-refractivity contribution in [1.82, 2.24) is 67.1 Å². The van der Waals surface area contributed by atoms with E-state index in [0.29, 0.717) is 19.5 Å². The molecular formula is C60H93N19O27S2. The van der Waals surface area contributed by atoms with E-state index in [9.17, 15) is 89.7 Å². The minimum absolute atomic E-state index is 0.0474. The third-order valence-electron chi connectivity index (χ3n) is 17.3. The van der Waals surface area contributed by atoms with E-state index >= 15 is 4.79 Å². The molecule has 3 fully saturated rings. The van der Waals surface area contributed by atoms with Crippen molar-refractivity contribution in [2.75, 3.05) is 51.7 Å². The molecule has 3 saturated heterocycles. The van der Waals surface area contributed by atoms with E-state index in [1.807, 2.05) is 0 Å². The normalized spacial score (nSPS) is 27.2. The number of hydrogen-bond acceptors (Lipinski definition) is 39. The number of primary amides is 3. The topological polar surface area (TPSA) is 765 Å². The molecule has 17 unspecified atom stereocenters. The molecule has 0 aliphatic carbocycles. The van der Waals surface area contributed by atoms with Crippen molar-refractivity contribution in [2.24, 2.45) is 28.7 Å². The van der Waals surface area contributed by atoms with Crippen molar-refractivity contribution in [3.8, 4) is 10.7 Å². The first-order chi connectivity index (χ1) is 51.1.